The van der Waals surface area contributed by atoms with Crippen molar-refractivity contribution < 1.29 is 14.3 Å². The van der Waals surface area contributed by atoms with E-state index in [4.69, 9.17) is 4.74 Å². The van der Waals surface area contributed by atoms with Gasteiger partial charge in [-0.15, -0.1) is 0 Å². The minimum Gasteiger partial charge on any atom is -0.497 e. The van der Waals surface area contributed by atoms with E-state index in [1.807, 2.05) is 31.2 Å². The van der Waals surface area contributed by atoms with Gasteiger partial charge in [-0.3, -0.25) is 4.79 Å². The standard InChI is InChI=1S/C12H17NO3/c1-9(13-8-12(14)16-3)10-5-4-6-11(7-10)15-2/h4-7,9,13H,8H2,1-3H3/t9-/m1/s1. The van der Waals surface area contributed by atoms with E-state index in [9.17, 15) is 4.79 Å². The third kappa shape index (κ3) is 3.55. The van der Waals surface area contributed by atoms with Gasteiger partial charge in [0.05, 0.1) is 20.8 Å². The van der Waals surface area contributed by atoms with E-state index in [1.54, 1.807) is 7.11 Å². The molecule has 0 saturated heterocycles. The smallest absolute Gasteiger partial charge is 0.319 e. The third-order valence-electron chi connectivity index (χ3n) is 2.37. The van der Waals surface area contributed by atoms with Crippen LogP contribution in [-0.2, 0) is 9.53 Å². The molecular formula is C12H17NO3. The highest BCUT2D eigenvalue weighted by Gasteiger charge is 2.08. The van der Waals surface area contributed by atoms with Crippen molar-refractivity contribution in [2.45, 2.75) is 13.0 Å². The number of methoxy groups -OCH3 is 2. The highest BCUT2D eigenvalue weighted by molar-refractivity contribution is 5.71. The van der Waals surface area contributed by atoms with Gasteiger partial charge >= 0.3 is 5.97 Å². The molecule has 1 aromatic carbocycles. The fourth-order valence-electron chi connectivity index (χ4n) is 1.34. The minimum absolute atomic E-state index is 0.0780. The van der Waals surface area contributed by atoms with Gasteiger partial charge in [0.25, 0.3) is 0 Å². The van der Waals surface area contributed by atoms with Gasteiger partial charge in [0.1, 0.15) is 5.75 Å². The van der Waals surface area contributed by atoms with Crippen molar-refractivity contribution in [2.24, 2.45) is 0 Å². The number of ether oxygens (including phenoxy) is 2. The van der Waals surface area contributed by atoms with Crippen molar-refractivity contribution in [1.29, 1.82) is 0 Å². The molecule has 4 heteroatoms. The molecule has 1 atom stereocenters. The molecule has 0 aliphatic carbocycles. The Hall–Kier alpha value is -1.55. The number of carbonyl (C=O) groups is 1. The zero-order valence-corrected chi connectivity index (χ0v) is 9.82. The topological polar surface area (TPSA) is 47.6 Å². The van der Waals surface area contributed by atoms with Gasteiger partial charge in [-0.2, -0.15) is 0 Å². The molecule has 0 aliphatic rings. The first-order chi connectivity index (χ1) is 7.67. The summed E-state index contributed by atoms with van der Waals surface area (Å²) < 4.78 is 9.69. The number of rotatable bonds is 5. The van der Waals surface area contributed by atoms with E-state index in [0.717, 1.165) is 11.3 Å². The highest BCUT2D eigenvalue weighted by atomic mass is 16.5. The summed E-state index contributed by atoms with van der Waals surface area (Å²) in [5.74, 6) is 0.541. The van der Waals surface area contributed by atoms with Crippen LogP contribution < -0.4 is 10.1 Å². The number of carbonyl (C=O) groups excluding carboxylic acids is 1. The average molecular weight is 223 g/mol. The number of benzene rings is 1. The fraction of sp³-hybridized carbons (Fsp3) is 0.417. The van der Waals surface area contributed by atoms with Crippen LogP contribution in [0, 0.1) is 0 Å². The molecule has 1 aromatic rings. The predicted octanol–water partition coefficient (Wildman–Crippen LogP) is 1.52. The monoisotopic (exact) mass is 223 g/mol. The largest absolute Gasteiger partial charge is 0.497 e. The summed E-state index contributed by atoms with van der Waals surface area (Å²) in [4.78, 5) is 11.0. The maximum absolute atomic E-state index is 11.0. The molecule has 0 heterocycles. The highest BCUT2D eigenvalue weighted by Crippen LogP contribution is 2.18. The Labute approximate surface area is 95.6 Å². The Morgan fingerprint density at radius 1 is 1.44 bits per heavy atom. The van der Waals surface area contributed by atoms with Crippen molar-refractivity contribution in [3.05, 3.63) is 29.8 Å². The molecule has 0 unspecified atom stereocenters. The van der Waals surface area contributed by atoms with E-state index >= 15 is 0 Å². The molecule has 0 bridgehead atoms. The summed E-state index contributed by atoms with van der Waals surface area (Å²) in [6.45, 7) is 2.19. The van der Waals surface area contributed by atoms with Gasteiger partial charge in [-0.1, -0.05) is 12.1 Å². The van der Waals surface area contributed by atoms with Crippen LogP contribution in [0.5, 0.6) is 5.75 Å². The summed E-state index contributed by atoms with van der Waals surface area (Å²) in [6, 6.07) is 7.81. The maximum atomic E-state index is 11.0. The Balaban J connectivity index is 2.58. The molecule has 0 spiro atoms. The van der Waals surface area contributed by atoms with Crippen LogP contribution in [0.3, 0.4) is 0 Å². The summed E-state index contributed by atoms with van der Waals surface area (Å²) >= 11 is 0. The zero-order chi connectivity index (χ0) is 12.0. The number of esters is 1. The van der Waals surface area contributed by atoms with Gasteiger partial charge < -0.3 is 14.8 Å². The van der Waals surface area contributed by atoms with Crippen molar-refractivity contribution >= 4 is 5.97 Å². The summed E-state index contributed by atoms with van der Waals surface area (Å²) in [5, 5.41) is 3.07. The van der Waals surface area contributed by atoms with Crippen LogP contribution >= 0.6 is 0 Å². The molecule has 0 aliphatic heterocycles. The van der Waals surface area contributed by atoms with Crippen molar-refractivity contribution in [3.8, 4) is 5.75 Å². The Morgan fingerprint density at radius 2 is 2.19 bits per heavy atom. The average Bonchev–Trinajstić information content (AvgIpc) is 2.35. The second kappa shape index (κ2) is 6.12. The van der Waals surface area contributed by atoms with E-state index in [-0.39, 0.29) is 18.6 Å². The van der Waals surface area contributed by atoms with E-state index in [2.05, 4.69) is 10.1 Å². The van der Waals surface area contributed by atoms with Crippen molar-refractivity contribution in [3.63, 3.8) is 0 Å². The summed E-state index contributed by atoms with van der Waals surface area (Å²) in [7, 11) is 3.01. The van der Waals surface area contributed by atoms with Crippen LogP contribution in [0.2, 0.25) is 0 Å². The van der Waals surface area contributed by atoms with Crippen LogP contribution in [-0.4, -0.2) is 26.7 Å². The summed E-state index contributed by atoms with van der Waals surface area (Å²) in [5.41, 5.74) is 1.07. The van der Waals surface area contributed by atoms with Gasteiger partial charge in [-0.25, -0.2) is 0 Å². The van der Waals surface area contributed by atoms with Gasteiger partial charge in [0.2, 0.25) is 0 Å². The first kappa shape index (κ1) is 12.5. The molecule has 16 heavy (non-hydrogen) atoms. The molecule has 1 rings (SSSR count). The van der Waals surface area contributed by atoms with E-state index in [0.29, 0.717) is 0 Å². The Bertz CT molecular complexity index is 352. The second-order valence-corrected chi connectivity index (χ2v) is 3.46. The minimum atomic E-state index is -0.269. The first-order valence-electron chi connectivity index (χ1n) is 5.11. The zero-order valence-electron chi connectivity index (χ0n) is 9.82. The molecule has 1 N–H and O–H groups in total. The lowest BCUT2D eigenvalue weighted by molar-refractivity contribution is -0.139. The predicted molar refractivity (Wildman–Crippen MR) is 61.4 cm³/mol. The maximum Gasteiger partial charge on any atom is 0.319 e. The number of hydrogen-bond donors (Lipinski definition) is 1. The van der Waals surface area contributed by atoms with Crippen LogP contribution in [0.15, 0.2) is 24.3 Å². The SMILES string of the molecule is COC(=O)CN[C@H](C)c1cccc(OC)c1. The molecular weight excluding hydrogens is 206 g/mol. The van der Waals surface area contributed by atoms with Crippen LogP contribution in [0.4, 0.5) is 0 Å². The summed E-state index contributed by atoms with van der Waals surface area (Å²) in [6.07, 6.45) is 0. The van der Waals surface area contributed by atoms with Crippen molar-refractivity contribution in [1.82, 2.24) is 5.32 Å². The number of hydrogen-bond acceptors (Lipinski definition) is 4. The molecule has 88 valence electrons. The van der Waals surface area contributed by atoms with Crippen LogP contribution in [0.1, 0.15) is 18.5 Å². The van der Waals surface area contributed by atoms with E-state index < -0.39 is 0 Å². The lowest BCUT2D eigenvalue weighted by Gasteiger charge is -2.14. The molecule has 0 radical (unpaired) electrons. The van der Waals surface area contributed by atoms with Crippen molar-refractivity contribution in [2.75, 3.05) is 20.8 Å². The fourth-order valence-corrected chi connectivity index (χ4v) is 1.34. The number of nitrogens with one attached hydrogen (secondary N) is 1. The Morgan fingerprint density at radius 3 is 2.81 bits per heavy atom. The normalized spacial score (nSPS) is 11.9. The molecule has 0 amide bonds. The molecule has 0 saturated carbocycles. The quantitative estimate of drug-likeness (QED) is 0.769. The lowest BCUT2D eigenvalue weighted by atomic mass is 10.1. The van der Waals surface area contributed by atoms with Crippen LogP contribution in [0.25, 0.3) is 0 Å². The van der Waals surface area contributed by atoms with Gasteiger partial charge in [0.15, 0.2) is 0 Å². The lowest BCUT2D eigenvalue weighted by Crippen LogP contribution is -2.26. The third-order valence-corrected chi connectivity index (χ3v) is 2.37. The second-order valence-electron chi connectivity index (χ2n) is 3.46. The van der Waals surface area contributed by atoms with Gasteiger partial charge in [0, 0.05) is 6.04 Å². The molecule has 0 fully saturated rings. The first-order valence-corrected chi connectivity index (χ1v) is 5.11. The van der Waals surface area contributed by atoms with E-state index in [1.165, 1.54) is 7.11 Å². The molecule has 4 nitrogen and oxygen atoms in total. The Kier molecular flexibility index (Phi) is 4.79. The van der Waals surface area contributed by atoms with Gasteiger partial charge in [-0.05, 0) is 24.6 Å². The molecule has 0 aromatic heterocycles.